The van der Waals surface area contributed by atoms with Gasteiger partial charge in [0.1, 0.15) is 5.82 Å². The van der Waals surface area contributed by atoms with Gasteiger partial charge in [0, 0.05) is 7.05 Å². The third kappa shape index (κ3) is 1.44. The molecule has 0 aliphatic heterocycles. The van der Waals surface area contributed by atoms with Gasteiger partial charge in [-0.2, -0.15) is 0 Å². The Morgan fingerprint density at radius 3 is 2.70 bits per heavy atom. The molecule has 56 valence electrons. The fourth-order valence-corrected chi connectivity index (χ4v) is 1.38. The van der Waals surface area contributed by atoms with Crippen molar-refractivity contribution in [1.29, 1.82) is 0 Å². The summed E-state index contributed by atoms with van der Waals surface area (Å²) < 4.78 is 1.91. The summed E-state index contributed by atoms with van der Waals surface area (Å²) in [6.45, 7) is 1.91. The van der Waals surface area contributed by atoms with E-state index >= 15 is 0 Å². The van der Waals surface area contributed by atoms with E-state index in [-0.39, 0.29) is 0 Å². The zero-order chi connectivity index (χ0) is 7.56. The smallest absolute Gasteiger partial charge is 0.192 e. The van der Waals surface area contributed by atoms with E-state index in [0.29, 0.717) is 5.21 Å². The quantitative estimate of drug-likeness (QED) is 0.506. The minimum Gasteiger partial charge on any atom is -0.309 e. The molecule has 0 saturated heterocycles. The number of hydrogen-bond acceptors (Lipinski definition) is 3. The molecule has 0 saturated carbocycles. The van der Waals surface area contributed by atoms with Crippen molar-refractivity contribution in [3.8, 4) is 0 Å². The highest BCUT2D eigenvalue weighted by Gasteiger charge is 2.02. The van der Waals surface area contributed by atoms with E-state index < -0.39 is 0 Å². The Labute approximate surface area is 68.8 Å². The van der Waals surface area contributed by atoms with Gasteiger partial charge in [-0.15, -0.1) is 21.8 Å². The first-order valence-electron chi connectivity index (χ1n) is 2.80. The molecule has 3 nitrogen and oxygen atoms in total. The average molecular weight is 178 g/mol. The summed E-state index contributed by atoms with van der Waals surface area (Å²) in [6, 6.07) is 0. The minimum absolute atomic E-state index is 0.520. The van der Waals surface area contributed by atoms with Crippen molar-refractivity contribution in [3.63, 3.8) is 0 Å². The van der Waals surface area contributed by atoms with E-state index in [2.05, 4.69) is 10.2 Å². The van der Waals surface area contributed by atoms with E-state index in [1.165, 1.54) is 11.8 Å². The molecule has 0 bridgehead atoms. The molecule has 0 atom stereocenters. The minimum atomic E-state index is 0.520. The first-order valence-corrected chi connectivity index (χ1v) is 4.32. The van der Waals surface area contributed by atoms with Gasteiger partial charge in [0.05, 0.1) is 5.21 Å². The van der Waals surface area contributed by atoms with Crippen molar-refractivity contribution >= 4 is 23.4 Å². The summed E-state index contributed by atoms with van der Waals surface area (Å²) in [5.41, 5.74) is 0. The molecule has 0 radical (unpaired) electrons. The van der Waals surface area contributed by atoms with Crippen LogP contribution in [0.5, 0.6) is 0 Å². The Morgan fingerprint density at radius 1 is 1.60 bits per heavy atom. The second kappa shape index (κ2) is 3.25. The molecule has 5 heteroatoms. The summed E-state index contributed by atoms with van der Waals surface area (Å²) in [6.07, 6.45) is 0. The molecule has 0 fully saturated rings. The molecule has 0 amide bonds. The number of hydrogen-bond donors (Lipinski definition) is 0. The van der Waals surface area contributed by atoms with Crippen LogP contribution < -0.4 is 0 Å². The van der Waals surface area contributed by atoms with Gasteiger partial charge in [-0.25, -0.2) is 0 Å². The third-order valence-electron chi connectivity index (χ3n) is 1.24. The Morgan fingerprint density at radius 2 is 2.30 bits per heavy atom. The molecule has 1 aromatic heterocycles. The number of thioether (sulfide) groups is 1. The summed E-state index contributed by atoms with van der Waals surface area (Å²) in [4.78, 5) is 0. The van der Waals surface area contributed by atoms with Crippen LogP contribution in [0.3, 0.4) is 0 Å². The summed E-state index contributed by atoms with van der Waals surface area (Å²) in [7, 11) is 1.92. The zero-order valence-corrected chi connectivity index (χ0v) is 7.41. The van der Waals surface area contributed by atoms with Crippen molar-refractivity contribution in [2.45, 2.75) is 12.1 Å². The van der Waals surface area contributed by atoms with E-state index in [9.17, 15) is 0 Å². The van der Waals surface area contributed by atoms with Crippen molar-refractivity contribution < 1.29 is 0 Å². The van der Waals surface area contributed by atoms with Gasteiger partial charge >= 0.3 is 0 Å². The molecule has 10 heavy (non-hydrogen) atoms. The van der Waals surface area contributed by atoms with Gasteiger partial charge in [-0.05, 0) is 6.92 Å². The topological polar surface area (TPSA) is 30.7 Å². The van der Waals surface area contributed by atoms with Crippen LogP contribution in [0.15, 0.2) is 5.16 Å². The first kappa shape index (κ1) is 7.88. The van der Waals surface area contributed by atoms with Crippen LogP contribution in [0.2, 0.25) is 0 Å². The average Bonchev–Trinajstić information content (AvgIpc) is 2.20. The zero-order valence-electron chi connectivity index (χ0n) is 5.83. The number of alkyl halides is 1. The number of rotatable bonds is 2. The van der Waals surface area contributed by atoms with Crippen LogP contribution >= 0.6 is 23.4 Å². The van der Waals surface area contributed by atoms with Gasteiger partial charge < -0.3 is 4.57 Å². The van der Waals surface area contributed by atoms with E-state index in [1.54, 1.807) is 0 Å². The molecule has 0 spiro atoms. The Bertz CT molecular complexity index is 223. The van der Waals surface area contributed by atoms with Gasteiger partial charge in [-0.3, -0.25) is 0 Å². The molecule has 1 heterocycles. The lowest BCUT2D eigenvalue weighted by atomic mass is 10.7. The van der Waals surface area contributed by atoms with E-state index in [1.807, 2.05) is 18.5 Å². The second-order valence-corrected chi connectivity index (χ2v) is 3.37. The number of aryl methyl sites for hydroxylation is 1. The third-order valence-corrected chi connectivity index (χ3v) is 2.29. The van der Waals surface area contributed by atoms with Crippen LogP contribution in [-0.2, 0) is 7.05 Å². The summed E-state index contributed by atoms with van der Waals surface area (Å²) >= 11 is 6.98. The SMILES string of the molecule is Cc1nnc(SCCl)n1C. The van der Waals surface area contributed by atoms with Gasteiger partial charge in [0.15, 0.2) is 5.16 Å². The Balaban J connectivity index is 2.83. The standard InChI is InChI=1S/C5H8ClN3S/c1-4-7-8-5(9(4)2)10-3-6/h3H2,1-2H3. The Hall–Kier alpha value is -0.220. The fraction of sp³-hybridized carbons (Fsp3) is 0.600. The van der Waals surface area contributed by atoms with E-state index in [4.69, 9.17) is 11.6 Å². The highest BCUT2D eigenvalue weighted by atomic mass is 35.5. The fourth-order valence-electron chi connectivity index (χ4n) is 0.562. The van der Waals surface area contributed by atoms with Gasteiger partial charge in [0.2, 0.25) is 0 Å². The predicted octanol–water partition coefficient (Wildman–Crippen LogP) is 1.41. The molecule has 1 rings (SSSR count). The van der Waals surface area contributed by atoms with Gasteiger partial charge in [0.25, 0.3) is 0 Å². The lowest BCUT2D eigenvalue weighted by molar-refractivity contribution is 0.766. The summed E-state index contributed by atoms with van der Waals surface area (Å²) in [5, 5.41) is 9.15. The molecular formula is C5H8ClN3S. The maximum Gasteiger partial charge on any atom is 0.192 e. The lowest BCUT2D eigenvalue weighted by Crippen LogP contribution is -1.92. The monoisotopic (exact) mass is 177 g/mol. The first-order chi connectivity index (χ1) is 4.75. The van der Waals surface area contributed by atoms with Crippen molar-refractivity contribution in [2.75, 3.05) is 5.21 Å². The maximum atomic E-state index is 5.50. The van der Waals surface area contributed by atoms with Crippen molar-refractivity contribution in [3.05, 3.63) is 5.82 Å². The number of halogens is 1. The molecule has 0 N–H and O–H groups in total. The molecule has 0 unspecified atom stereocenters. The van der Waals surface area contributed by atoms with E-state index in [0.717, 1.165) is 11.0 Å². The molecule has 0 aromatic carbocycles. The van der Waals surface area contributed by atoms with Crippen LogP contribution in [-0.4, -0.2) is 20.0 Å². The normalized spacial score (nSPS) is 10.3. The lowest BCUT2D eigenvalue weighted by Gasteiger charge is -1.95. The Kier molecular flexibility index (Phi) is 2.56. The van der Waals surface area contributed by atoms with Gasteiger partial charge in [-0.1, -0.05) is 11.8 Å². The molecule has 1 aromatic rings. The largest absolute Gasteiger partial charge is 0.309 e. The summed E-state index contributed by atoms with van der Waals surface area (Å²) in [5.74, 6) is 0.910. The van der Waals surface area contributed by atoms with Crippen LogP contribution in [0, 0.1) is 6.92 Å². The van der Waals surface area contributed by atoms with Crippen LogP contribution in [0.25, 0.3) is 0 Å². The van der Waals surface area contributed by atoms with Crippen LogP contribution in [0.4, 0.5) is 0 Å². The highest BCUT2D eigenvalue weighted by molar-refractivity contribution is 8.00. The second-order valence-electron chi connectivity index (χ2n) is 1.84. The van der Waals surface area contributed by atoms with Crippen molar-refractivity contribution in [2.24, 2.45) is 7.05 Å². The number of aromatic nitrogens is 3. The molecule has 0 aliphatic carbocycles. The maximum absolute atomic E-state index is 5.50. The molecular weight excluding hydrogens is 170 g/mol. The highest BCUT2D eigenvalue weighted by Crippen LogP contribution is 2.15. The number of nitrogens with zero attached hydrogens (tertiary/aromatic N) is 3. The van der Waals surface area contributed by atoms with Crippen LogP contribution in [0.1, 0.15) is 5.82 Å². The van der Waals surface area contributed by atoms with Crippen molar-refractivity contribution in [1.82, 2.24) is 14.8 Å². The predicted molar refractivity (Wildman–Crippen MR) is 42.3 cm³/mol. The molecule has 0 aliphatic rings.